The van der Waals surface area contributed by atoms with Crippen LogP contribution in [0.3, 0.4) is 0 Å². The van der Waals surface area contributed by atoms with Gasteiger partial charge in [-0.25, -0.2) is 0 Å². The molecule has 3 N–H and O–H groups in total. The Hall–Kier alpha value is -2.17. The molecule has 0 atom stereocenters. The largest absolute Gasteiger partial charge is 0.383 e. The summed E-state index contributed by atoms with van der Waals surface area (Å²) >= 11 is 25.0. The van der Waals surface area contributed by atoms with Gasteiger partial charge < -0.3 is 11.1 Å². The van der Waals surface area contributed by atoms with Gasteiger partial charge in [0.25, 0.3) is 0 Å². The summed E-state index contributed by atoms with van der Waals surface area (Å²) in [6, 6.07) is 11.4. The molecule has 6 nitrogen and oxygen atoms in total. The molecule has 0 saturated carbocycles. The van der Waals surface area contributed by atoms with Gasteiger partial charge >= 0.3 is 0 Å². The first-order valence-electron chi connectivity index (χ1n) is 12.5. The minimum absolute atomic E-state index is 0.109. The van der Waals surface area contributed by atoms with Gasteiger partial charge in [-0.2, -0.15) is 10.5 Å². The molecule has 4 aromatic rings. The number of halogens is 5. The third kappa shape index (κ3) is 10.3. The molecular weight excluding hydrogens is 711 g/mol. The summed E-state index contributed by atoms with van der Waals surface area (Å²) in [7, 11) is 0. The lowest BCUT2D eigenvalue weighted by molar-refractivity contribution is 0.428. The number of nitriles is 2. The molecule has 0 amide bonds. The van der Waals surface area contributed by atoms with E-state index in [0.29, 0.717) is 48.0 Å². The molecule has 0 fully saturated rings. The van der Waals surface area contributed by atoms with E-state index in [4.69, 9.17) is 45.8 Å². The zero-order chi connectivity index (χ0) is 31.1. The molecule has 11 heteroatoms. The van der Waals surface area contributed by atoms with Crippen LogP contribution < -0.4 is 11.1 Å². The number of nitrogens with one attached hydrogen (secondary N) is 1. The molecule has 0 bridgehead atoms. The predicted molar refractivity (Wildman–Crippen MR) is 180 cm³/mol. The summed E-state index contributed by atoms with van der Waals surface area (Å²) in [5, 5.41) is 24.4. The molecule has 216 valence electrons. The van der Waals surface area contributed by atoms with Crippen molar-refractivity contribution in [2.45, 2.75) is 41.5 Å². The molecule has 2 heterocycles. The average molecular weight is 742 g/mol. The van der Waals surface area contributed by atoms with E-state index in [-0.39, 0.29) is 5.41 Å². The molecular formula is C30H31Br2Cl3N6. The first-order valence-corrected chi connectivity index (χ1v) is 15.2. The maximum atomic E-state index is 9.27. The first kappa shape index (κ1) is 35.0. The zero-order valence-corrected chi connectivity index (χ0v) is 29.1. The molecule has 0 aliphatic carbocycles. The quantitative estimate of drug-likeness (QED) is 0.212. The maximum Gasteiger partial charge on any atom is 0.103 e. The van der Waals surface area contributed by atoms with Crippen LogP contribution in [0.1, 0.15) is 52.7 Å². The molecule has 0 saturated heterocycles. The van der Waals surface area contributed by atoms with E-state index in [1.165, 1.54) is 6.20 Å². The fourth-order valence-corrected chi connectivity index (χ4v) is 5.08. The third-order valence-electron chi connectivity index (χ3n) is 5.36. The van der Waals surface area contributed by atoms with Crippen LogP contribution in [0.2, 0.25) is 15.1 Å². The fourth-order valence-electron chi connectivity index (χ4n) is 3.13. The number of hydrogen-bond donors (Lipinski definition) is 2. The molecule has 41 heavy (non-hydrogen) atoms. The molecule has 0 aliphatic heterocycles. The van der Waals surface area contributed by atoms with E-state index in [2.05, 4.69) is 94.8 Å². The number of aromatic nitrogens is 2. The van der Waals surface area contributed by atoms with Crippen LogP contribution in [-0.4, -0.2) is 23.1 Å². The van der Waals surface area contributed by atoms with Crippen LogP contribution in [-0.2, 0) is 0 Å². The summed E-state index contributed by atoms with van der Waals surface area (Å²) in [6.07, 6.45) is 2.98. The van der Waals surface area contributed by atoms with Crippen LogP contribution in [0.4, 0.5) is 5.69 Å². The molecule has 0 radical (unpaired) electrons. The van der Waals surface area contributed by atoms with Gasteiger partial charge in [0.05, 0.1) is 42.9 Å². The number of pyridine rings is 2. The average Bonchev–Trinajstić information content (AvgIpc) is 2.87. The van der Waals surface area contributed by atoms with Crippen LogP contribution in [0.25, 0.3) is 21.8 Å². The van der Waals surface area contributed by atoms with E-state index in [0.717, 1.165) is 33.1 Å². The smallest absolute Gasteiger partial charge is 0.103 e. The summed E-state index contributed by atoms with van der Waals surface area (Å²) in [6.45, 7) is 14.3. The molecule has 2 aromatic heterocycles. The van der Waals surface area contributed by atoms with Crippen molar-refractivity contribution in [3.63, 3.8) is 0 Å². The fraction of sp³-hybridized carbons (Fsp3) is 0.333. The molecule has 4 rings (SSSR count). The predicted octanol–water partition coefficient (Wildman–Crippen LogP) is 10.1. The topological polar surface area (TPSA) is 111 Å². The lowest BCUT2D eigenvalue weighted by Gasteiger charge is -2.21. The molecule has 2 aromatic carbocycles. The molecule has 0 aliphatic rings. The van der Waals surface area contributed by atoms with Gasteiger partial charge in [-0.15, -0.1) is 0 Å². The van der Waals surface area contributed by atoms with Crippen LogP contribution in [0.5, 0.6) is 0 Å². The second kappa shape index (κ2) is 14.8. The number of nitrogens with zero attached hydrogens (tertiary/aromatic N) is 4. The van der Waals surface area contributed by atoms with Crippen molar-refractivity contribution in [3.05, 3.63) is 71.8 Å². The highest BCUT2D eigenvalue weighted by molar-refractivity contribution is 9.10. The highest BCUT2D eigenvalue weighted by Gasteiger charge is 2.16. The molecule has 0 unspecified atom stereocenters. The zero-order valence-electron chi connectivity index (χ0n) is 23.6. The Morgan fingerprint density at radius 1 is 0.780 bits per heavy atom. The van der Waals surface area contributed by atoms with Gasteiger partial charge in [-0.05, 0) is 41.6 Å². The van der Waals surface area contributed by atoms with Crippen LogP contribution >= 0.6 is 66.7 Å². The Kier molecular flexibility index (Phi) is 12.7. The monoisotopic (exact) mass is 738 g/mol. The van der Waals surface area contributed by atoms with E-state index in [1.807, 2.05) is 12.1 Å². The van der Waals surface area contributed by atoms with Gasteiger partial charge in [0.1, 0.15) is 12.1 Å². The summed E-state index contributed by atoms with van der Waals surface area (Å²) in [5.41, 5.74) is 8.69. The van der Waals surface area contributed by atoms with E-state index in [1.54, 1.807) is 24.4 Å². The third-order valence-corrected chi connectivity index (χ3v) is 7.26. The van der Waals surface area contributed by atoms with Crippen molar-refractivity contribution < 1.29 is 0 Å². The summed E-state index contributed by atoms with van der Waals surface area (Å²) < 4.78 is 1.67. The van der Waals surface area contributed by atoms with Crippen LogP contribution in [0, 0.1) is 33.5 Å². The SMILES string of the molecule is CC(C)(C)CN.CC(C)(C)CNc1c(C#N)cnc2c(Cl)cc(Br)cc12.N#Cc1cnc2c(Cl)cc(Br)cc2c1Cl. The highest BCUT2D eigenvalue weighted by atomic mass is 79.9. The van der Waals surface area contributed by atoms with E-state index in [9.17, 15) is 5.26 Å². The number of anilines is 1. The Balaban J connectivity index is 0.000000246. The van der Waals surface area contributed by atoms with Crippen molar-refractivity contribution in [1.29, 1.82) is 10.5 Å². The van der Waals surface area contributed by atoms with Gasteiger partial charge in [-0.3, -0.25) is 9.97 Å². The van der Waals surface area contributed by atoms with E-state index >= 15 is 0 Å². The minimum Gasteiger partial charge on any atom is -0.383 e. The number of fused-ring (bicyclic) bond motifs is 2. The van der Waals surface area contributed by atoms with Gasteiger partial charge in [0.15, 0.2) is 0 Å². The van der Waals surface area contributed by atoms with Gasteiger partial charge in [0, 0.05) is 38.7 Å². The minimum atomic E-state index is 0.109. The number of nitrogens with two attached hydrogens (primary N) is 1. The van der Waals surface area contributed by atoms with Crippen LogP contribution in [0.15, 0.2) is 45.6 Å². The second-order valence-corrected chi connectivity index (χ2v) is 14.5. The Morgan fingerprint density at radius 3 is 1.66 bits per heavy atom. The lowest BCUT2D eigenvalue weighted by Crippen LogP contribution is -2.19. The number of rotatable bonds is 2. The normalized spacial score (nSPS) is 11.1. The van der Waals surface area contributed by atoms with Crippen molar-refractivity contribution in [2.75, 3.05) is 18.4 Å². The Bertz CT molecular complexity index is 1630. The second-order valence-electron chi connectivity index (χ2n) is 11.5. The standard InChI is InChI=1S/C15H15BrClN3.C10H3BrCl2N2.C5H13N/c1-15(2,3)8-20-13-9(6-18)7-19-14-11(13)4-10(16)5-12(14)17;11-6-1-7-9(13)5(3-14)4-15-10(7)8(12)2-6;1-5(2,3)4-6/h4-5,7H,8H2,1-3H3,(H,19,20);1-2,4H;4,6H2,1-3H3. The van der Waals surface area contributed by atoms with Gasteiger partial charge in [-0.1, -0.05) is 108 Å². The number of benzene rings is 2. The van der Waals surface area contributed by atoms with Crippen molar-refractivity contribution in [2.24, 2.45) is 16.6 Å². The molecule has 0 spiro atoms. The van der Waals surface area contributed by atoms with Crippen molar-refractivity contribution in [3.8, 4) is 12.1 Å². The van der Waals surface area contributed by atoms with Crippen molar-refractivity contribution >= 4 is 94.2 Å². The van der Waals surface area contributed by atoms with E-state index < -0.39 is 0 Å². The Morgan fingerprint density at radius 2 is 1.22 bits per heavy atom. The number of hydrogen-bond acceptors (Lipinski definition) is 6. The summed E-state index contributed by atoms with van der Waals surface area (Å²) in [5.74, 6) is 0. The van der Waals surface area contributed by atoms with Gasteiger partial charge in [0.2, 0.25) is 0 Å². The highest BCUT2D eigenvalue weighted by Crippen LogP contribution is 2.34. The lowest BCUT2D eigenvalue weighted by atomic mass is 9.96. The Labute approximate surface area is 273 Å². The van der Waals surface area contributed by atoms with Crippen molar-refractivity contribution in [1.82, 2.24) is 9.97 Å². The maximum absolute atomic E-state index is 9.27. The summed E-state index contributed by atoms with van der Waals surface area (Å²) in [4.78, 5) is 8.38. The first-order chi connectivity index (χ1) is 19.0.